The lowest BCUT2D eigenvalue weighted by Crippen LogP contribution is -2.21. The SMILES string of the molecule is CCCn1nccc1C(N)c1ccc(Br)cc1C(F)(F)F. The summed E-state index contributed by atoms with van der Waals surface area (Å²) in [7, 11) is 0. The molecule has 0 amide bonds. The number of hydrogen-bond acceptors (Lipinski definition) is 2. The minimum absolute atomic E-state index is 0.0450. The van der Waals surface area contributed by atoms with Crippen LogP contribution in [0.2, 0.25) is 0 Å². The summed E-state index contributed by atoms with van der Waals surface area (Å²) in [6, 6.07) is 4.80. The van der Waals surface area contributed by atoms with Crippen molar-refractivity contribution in [3.63, 3.8) is 0 Å². The number of nitrogens with two attached hydrogens (primary N) is 1. The number of hydrogen-bond donors (Lipinski definition) is 1. The van der Waals surface area contributed by atoms with Crippen LogP contribution in [0, 0.1) is 0 Å². The van der Waals surface area contributed by atoms with Gasteiger partial charge < -0.3 is 5.73 Å². The smallest absolute Gasteiger partial charge is 0.319 e. The Labute approximate surface area is 129 Å². The molecule has 0 spiro atoms. The normalized spacial score (nSPS) is 13.4. The Balaban J connectivity index is 2.48. The van der Waals surface area contributed by atoms with Gasteiger partial charge in [0.1, 0.15) is 0 Å². The second kappa shape index (κ2) is 6.19. The summed E-state index contributed by atoms with van der Waals surface area (Å²) in [6.07, 6.45) is -2.07. The third kappa shape index (κ3) is 3.47. The van der Waals surface area contributed by atoms with E-state index in [0.717, 1.165) is 12.5 Å². The fourth-order valence-corrected chi connectivity index (χ4v) is 2.57. The zero-order valence-electron chi connectivity index (χ0n) is 11.4. The monoisotopic (exact) mass is 361 g/mol. The summed E-state index contributed by atoms with van der Waals surface area (Å²) in [5.74, 6) is 0. The molecule has 3 nitrogen and oxygen atoms in total. The van der Waals surface area contributed by atoms with E-state index in [9.17, 15) is 13.2 Å². The Morgan fingerprint density at radius 3 is 2.67 bits per heavy atom. The first-order valence-electron chi connectivity index (χ1n) is 6.48. The molecule has 0 fully saturated rings. The van der Waals surface area contributed by atoms with E-state index < -0.39 is 17.8 Å². The van der Waals surface area contributed by atoms with E-state index in [-0.39, 0.29) is 5.56 Å². The molecule has 1 aromatic heterocycles. The summed E-state index contributed by atoms with van der Waals surface area (Å²) in [4.78, 5) is 0. The van der Waals surface area contributed by atoms with Gasteiger partial charge in [0.2, 0.25) is 0 Å². The number of halogens is 4. The van der Waals surface area contributed by atoms with Crippen LogP contribution in [0.3, 0.4) is 0 Å². The van der Waals surface area contributed by atoms with Gasteiger partial charge in [-0.15, -0.1) is 0 Å². The van der Waals surface area contributed by atoms with E-state index in [2.05, 4.69) is 21.0 Å². The number of nitrogens with zero attached hydrogens (tertiary/aromatic N) is 2. The fourth-order valence-electron chi connectivity index (χ4n) is 2.21. The molecule has 21 heavy (non-hydrogen) atoms. The highest BCUT2D eigenvalue weighted by molar-refractivity contribution is 9.10. The summed E-state index contributed by atoms with van der Waals surface area (Å²) in [5, 5.41) is 4.11. The summed E-state index contributed by atoms with van der Waals surface area (Å²) >= 11 is 3.07. The molecule has 0 aliphatic heterocycles. The van der Waals surface area contributed by atoms with E-state index in [1.165, 1.54) is 6.07 Å². The lowest BCUT2D eigenvalue weighted by Gasteiger charge is -2.19. The van der Waals surface area contributed by atoms with Gasteiger partial charge in [0.25, 0.3) is 0 Å². The van der Waals surface area contributed by atoms with Crippen LogP contribution in [0.4, 0.5) is 13.2 Å². The second-order valence-corrected chi connectivity index (χ2v) is 5.60. The van der Waals surface area contributed by atoms with Gasteiger partial charge in [0, 0.05) is 17.2 Å². The van der Waals surface area contributed by atoms with Gasteiger partial charge in [-0.05, 0) is 30.2 Å². The molecule has 7 heteroatoms. The topological polar surface area (TPSA) is 43.8 Å². The van der Waals surface area contributed by atoms with E-state index in [1.807, 2.05) is 6.92 Å². The first-order valence-corrected chi connectivity index (χ1v) is 7.27. The van der Waals surface area contributed by atoms with E-state index in [4.69, 9.17) is 5.73 Å². The molecular weight excluding hydrogens is 347 g/mol. The Morgan fingerprint density at radius 2 is 2.05 bits per heavy atom. The molecule has 1 heterocycles. The van der Waals surface area contributed by atoms with Crippen molar-refractivity contribution in [2.75, 3.05) is 0 Å². The molecule has 0 saturated carbocycles. The predicted molar refractivity (Wildman–Crippen MR) is 77.7 cm³/mol. The van der Waals surface area contributed by atoms with Crippen LogP contribution in [-0.2, 0) is 12.7 Å². The Hall–Kier alpha value is -1.34. The zero-order chi connectivity index (χ0) is 15.6. The maximum absolute atomic E-state index is 13.2. The minimum Gasteiger partial charge on any atom is -0.319 e. The first kappa shape index (κ1) is 16.0. The molecule has 1 unspecified atom stereocenters. The first-order chi connectivity index (χ1) is 9.84. The van der Waals surface area contributed by atoms with Gasteiger partial charge >= 0.3 is 6.18 Å². The van der Waals surface area contributed by atoms with Gasteiger partial charge in [0.05, 0.1) is 17.3 Å². The second-order valence-electron chi connectivity index (χ2n) is 4.69. The maximum Gasteiger partial charge on any atom is 0.416 e. The molecule has 2 N–H and O–H groups in total. The molecule has 0 saturated heterocycles. The van der Waals surface area contributed by atoms with Crippen LogP contribution in [0.15, 0.2) is 34.9 Å². The minimum atomic E-state index is -4.45. The molecule has 0 bridgehead atoms. The summed E-state index contributed by atoms with van der Waals surface area (Å²) in [6.45, 7) is 2.59. The van der Waals surface area contributed by atoms with Gasteiger partial charge in [-0.2, -0.15) is 18.3 Å². The largest absolute Gasteiger partial charge is 0.416 e. The molecule has 0 aliphatic rings. The van der Waals surface area contributed by atoms with Crippen LogP contribution in [0.25, 0.3) is 0 Å². The van der Waals surface area contributed by atoms with Gasteiger partial charge in [-0.1, -0.05) is 28.9 Å². The zero-order valence-corrected chi connectivity index (χ0v) is 12.9. The Bertz CT molecular complexity index is 622. The molecule has 0 radical (unpaired) electrons. The van der Waals surface area contributed by atoms with E-state index >= 15 is 0 Å². The average molecular weight is 362 g/mol. The van der Waals surface area contributed by atoms with Crippen molar-refractivity contribution in [1.29, 1.82) is 0 Å². The Morgan fingerprint density at radius 1 is 1.33 bits per heavy atom. The summed E-state index contributed by atoms with van der Waals surface area (Å²) in [5.41, 5.74) is 5.95. The van der Waals surface area contributed by atoms with E-state index in [0.29, 0.717) is 16.7 Å². The number of alkyl halides is 3. The van der Waals surface area contributed by atoms with Crippen LogP contribution >= 0.6 is 15.9 Å². The number of benzene rings is 1. The van der Waals surface area contributed by atoms with Crippen molar-refractivity contribution in [3.8, 4) is 0 Å². The highest BCUT2D eigenvalue weighted by Gasteiger charge is 2.35. The highest BCUT2D eigenvalue weighted by atomic mass is 79.9. The van der Waals surface area contributed by atoms with E-state index in [1.54, 1.807) is 23.0 Å². The number of rotatable bonds is 4. The number of aryl methyl sites for hydroxylation is 1. The third-order valence-electron chi connectivity index (χ3n) is 3.16. The molecule has 2 rings (SSSR count). The van der Waals surface area contributed by atoms with Crippen molar-refractivity contribution in [2.24, 2.45) is 5.73 Å². The quantitative estimate of drug-likeness (QED) is 0.889. The molecular formula is C14H15BrF3N3. The van der Waals surface area contributed by atoms with Gasteiger partial charge in [-0.25, -0.2) is 0 Å². The molecule has 0 aliphatic carbocycles. The van der Waals surface area contributed by atoms with Crippen molar-refractivity contribution in [3.05, 3.63) is 51.8 Å². The standard InChI is InChI=1S/C14H15BrF3N3/c1-2-7-21-12(5-6-20-21)13(19)10-4-3-9(15)8-11(10)14(16,17)18/h3-6,8,13H,2,7,19H2,1H3. The van der Waals surface area contributed by atoms with Crippen molar-refractivity contribution in [1.82, 2.24) is 9.78 Å². The van der Waals surface area contributed by atoms with Gasteiger partial charge in [0.15, 0.2) is 0 Å². The molecule has 2 aromatic rings. The van der Waals surface area contributed by atoms with Crippen LogP contribution in [-0.4, -0.2) is 9.78 Å². The van der Waals surface area contributed by atoms with Crippen molar-refractivity contribution in [2.45, 2.75) is 32.1 Å². The van der Waals surface area contributed by atoms with Crippen molar-refractivity contribution < 1.29 is 13.2 Å². The lowest BCUT2D eigenvalue weighted by molar-refractivity contribution is -0.138. The van der Waals surface area contributed by atoms with Crippen LogP contribution in [0.5, 0.6) is 0 Å². The third-order valence-corrected chi connectivity index (χ3v) is 3.65. The molecule has 1 atom stereocenters. The lowest BCUT2D eigenvalue weighted by atomic mass is 9.98. The van der Waals surface area contributed by atoms with Crippen molar-refractivity contribution >= 4 is 15.9 Å². The Kier molecular flexibility index (Phi) is 4.73. The van der Waals surface area contributed by atoms with Crippen LogP contribution in [0.1, 0.15) is 36.2 Å². The summed E-state index contributed by atoms with van der Waals surface area (Å²) < 4.78 is 41.6. The maximum atomic E-state index is 13.2. The highest BCUT2D eigenvalue weighted by Crippen LogP contribution is 2.37. The van der Waals surface area contributed by atoms with Crippen LogP contribution < -0.4 is 5.73 Å². The fraction of sp³-hybridized carbons (Fsp3) is 0.357. The number of aromatic nitrogens is 2. The average Bonchev–Trinajstić information content (AvgIpc) is 2.85. The molecule has 1 aromatic carbocycles. The predicted octanol–water partition coefficient (Wildman–Crippen LogP) is 4.12. The van der Waals surface area contributed by atoms with Gasteiger partial charge in [-0.3, -0.25) is 4.68 Å². The molecule has 114 valence electrons.